The highest BCUT2D eigenvalue weighted by Gasteiger charge is 2.32. The van der Waals surface area contributed by atoms with Crippen molar-refractivity contribution in [3.05, 3.63) is 18.2 Å². The molecule has 1 aromatic heterocycles. The van der Waals surface area contributed by atoms with Crippen molar-refractivity contribution in [2.24, 2.45) is 0 Å². The maximum Gasteiger partial charge on any atom is 0.253 e. The number of carbonyl (C=O) groups is 1. The van der Waals surface area contributed by atoms with Gasteiger partial charge in [-0.25, -0.2) is 4.98 Å². The summed E-state index contributed by atoms with van der Waals surface area (Å²) in [6.07, 6.45) is 1.81. The van der Waals surface area contributed by atoms with Crippen molar-refractivity contribution in [3.63, 3.8) is 0 Å². The summed E-state index contributed by atoms with van der Waals surface area (Å²) in [5.41, 5.74) is 0.883. The van der Waals surface area contributed by atoms with Crippen LogP contribution in [0.1, 0.15) is 12.8 Å². The summed E-state index contributed by atoms with van der Waals surface area (Å²) in [5, 5.41) is 0.928. The first-order valence-electron chi connectivity index (χ1n) is 8.35. The maximum absolute atomic E-state index is 12.6. The molecule has 0 saturated carbocycles. The number of amides is 1. The maximum atomic E-state index is 12.6. The topological polar surface area (TPSA) is 54.9 Å². The van der Waals surface area contributed by atoms with E-state index in [0.717, 1.165) is 53.6 Å². The lowest BCUT2D eigenvalue weighted by molar-refractivity contribution is -0.143. The van der Waals surface area contributed by atoms with Crippen LogP contribution in [0.4, 0.5) is 5.13 Å². The molecular weight excluding hydrogens is 326 g/mol. The first kappa shape index (κ1) is 15.7. The largest absolute Gasteiger partial charge is 0.494 e. The number of anilines is 1. The van der Waals surface area contributed by atoms with Crippen molar-refractivity contribution in [3.8, 4) is 5.75 Å². The second-order valence-corrected chi connectivity index (χ2v) is 7.15. The van der Waals surface area contributed by atoms with Crippen molar-refractivity contribution in [1.82, 2.24) is 9.88 Å². The van der Waals surface area contributed by atoms with Crippen LogP contribution in [-0.4, -0.2) is 61.8 Å². The summed E-state index contributed by atoms with van der Waals surface area (Å²) in [5.74, 6) is 0.906. The predicted molar refractivity (Wildman–Crippen MR) is 93.9 cm³/mol. The van der Waals surface area contributed by atoms with Gasteiger partial charge in [-0.15, -0.1) is 0 Å². The molecule has 4 rings (SSSR count). The van der Waals surface area contributed by atoms with Crippen molar-refractivity contribution >= 4 is 32.6 Å². The lowest BCUT2D eigenvalue weighted by Gasteiger charge is -2.33. The average Bonchev–Trinajstić information content (AvgIpc) is 3.30. The van der Waals surface area contributed by atoms with E-state index in [1.54, 1.807) is 18.4 Å². The minimum Gasteiger partial charge on any atom is -0.494 e. The van der Waals surface area contributed by atoms with Crippen LogP contribution in [0.25, 0.3) is 10.2 Å². The van der Waals surface area contributed by atoms with Gasteiger partial charge < -0.3 is 19.3 Å². The van der Waals surface area contributed by atoms with E-state index >= 15 is 0 Å². The monoisotopic (exact) mass is 347 g/mol. The molecule has 2 aliphatic rings. The average molecular weight is 347 g/mol. The van der Waals surface area contributed by atoms with Crippen molar-refractivity contribution < 1.29 is 14.3 Å². The van der Waals surface area contributed by atoms with Gasteiger partial charge in [-0.2, -0.15) is 0 Å². The predicted octanol–water partition coefficient (Wildman–Crippen LogP) is 2.13. The van der Waals surface area contributed by atoms with Crippen LogP contribution < -0.4 is 9.64 Å². The molecule has 6 nitrogen and oxygen atoms in total. The molecule has 1 atom stereocenters. The van der Waals surface area contributed by atoms with Crippen molar-refractivity contribution in [2.45, 2.75) is 18.9 Å². The summed E-state index contributed by atoms with van der Waals surface area (Å²) >= 11 is 1.63. The quantitative estimate of drug-likeness (QED) is 0.851. The molecule has 0 bridgehead atoms. The number of nitrogens with zero attached hydrogens (tertiary/aromatic N) is 3. The Hall–Kier alpha value is -1.86. The van der Waals surface area contributed by atoms with E-state index in [-0.39, 0.29) is 12.0 Å². The highest BCUT2D eigenvalue weighted by molar-refractivity contribution is 7.22. The van der Waals surface area contributed by atoms with Crippen LogP contribution in [0.3, 0.4) is 0 Å². The number of rotatable bonds is 3. The van der Waals surface area contributed by atoms with Crippen LogP contribution in [0.2, 0.25) is 0 Å². The Bertz CT molecular complexity index is 742. The molecule has 2 aliphatic heterocycles. The number of methoxy groups -OCH3 is 1. The lowest BCUT2D eigenvalue weighted by Crippen LogP contribution is -2.50. The summed E-state index contributed by atoms with van der Waals surface area (Å²) in [4.78, 5) is 21.4. The van der Waals surface area contributed by atoms with Gasteiger partial charge in [-0.1, -0.05) is 17.4 Å². The molecule has 2 saturated heterocycles. The van der Waals surface area contributed by atoms with Gasteiger partial charge in [0.25, 0.3) is 5.91 Å². The summed E-state index contributed by atoms with van der Waals surface area (Å²) in [6.45, 7) is 3.59. The Balaban J connectivity index is 1.54. The van der Waals surface area contributed by atoms with Crippen molar-refractivity contribution in [2.75, 3.05) is 44.8 Å². The van der Waals surface area contributed by atoms with Crippen LogP contribution in [-0.2, 0) is 9.53 Å². The van der Waals surface area contributed by atoms with Gasteiger partial charge in [-0.05, 0) is 25.0 Å². The molecule has 0 radical (unpaired) electrons. The van der Waals surface area contributed by atoms with E-state index in [4.69, 9.17) is 14.5 Å². The molecule has 24 heavy (non-hydrogen) atoms. The highest BCUT2D eigenvalue weighted by Crippen LogP contribution is 2.34. The molecule has 2 fully saturated rings. The van der Waals surface area contributed by atoms with E-state index in [1.165, 1.54) is 0 Å². The van der Waals surface area contributed by atoms with Crippen LogP contribution in [0.15, 0.2) is 18.2 Å². The van der Waals surface area contributed by atoms with E-state index in [1.807, 2.05) is 23.1 Å². The molecule has 0 N–H and O–H groups in total. The Morgan fingerprint density at radius 1 is 1.33 bits per heavy atom. The van der Waals surface area contributed by atoms with E-state index in [0.29, 0.717) is 13.2 Å². The van der Waals surface area contributed by atoms with Gasteiger partial charge >= 0.3 is 0 Å². The van der Waals surface area contributed by atoms with Crippen molar-refractivity contribution in [1.29, 1.82) is 0 Å². The van der Waals surface area contributed by atoms with Crippen LogP contribution >= 0.6 is 11.3 Å². The van der Waals surface area contributed by atoms with Gasteiger partial charge in [-0.3, -0.25) is 4.79 Å². The first-order chi connectivity index (χ1) is 11.8. The molecule has 2 aromatic rings. The van der Waals surface area contributed by atoms with Gasteiger partial charge in [0, 0.05) is 19.6 Å². The van der Waals surface area contributed by atoms with Gasteiger partial charge in [0.2, 0.25) is 0 Å². The second kappa shape index (κ2) is 6.57. The second-order valence-electron chi connectivity index (χ2n) is 6.14. The molecule has 0 aliphatic carbocycles. The van der Waals surface area contributed by atoms with Gasteiger partial charge in [0.05, 0.1) is 25.0 Å². The fourth-order valence-electron chi connectivity index (χ4n) is 3.33. The molecule has 1 aromatic carbocycles. The fourth-order valence-corrected chi connectivity index (χ4v) is 4.34. The third-order valence-electron chi connectivity index (χ3n) is 4.62. The number of morpholine rings is 1. The lowest BCUT2D eigenvalue weighted by atomic mass is 10.2. The Morgan fingerprint density at radius 2 is 2.17 bits per heavy atom. The number of fused-ring (bicyclic) bond motifs is 1. The Labute approximate surface area is 145 Å². The summed E-state index contributed by atoms with van der Waals surface area (Å²) in [7, 11) is 1.66. The van der Waals surface area contributed by atoms with Gasteiger partial charge in [0.1, 0.15) is 11.3 Å². The zero-order chi connectivity index (χ0) is 16.5. The summed E-state index contributed by atoms with van der Waals surface area (Å²) in [6, 6.07) is 5.94. The number of likely N-dealkylation sites (tertiary alicyclic amines) is 1. The molecule has 128 valence electrons. The molecule has 7 heteroatoms. The smallest absolute Gasteiger partial charge is 0.253 e. The third kappa shape index (κ3) is 2.82. The number of para-hydroxylation sites is 1. The number of hydrogen-bond acceptors (Lipinski definition) is 6. The number of carbonyl (C=O) groups excluding carboxylic acids is 1. The Morgan fingerprint density at radius 3 is 2.96 bits per heavy atom. The zero-order valence-electron chi connectivity index (χ0n) is 13.7. The fraction of sp³-hybridized carbons (Fsp3) is 0.529. The number of thiazole rings is 1. The normalized spacial score (nSPS) is 21.5. The number of ether oxygens (including phenoxy) is 2. The number of hydrogen-bond donors (Lipinski definition) is 0. The zero-order valence-corrected chi connectivity index (χ0v) is 14.6. The first-order valence-corrected chi connectivity index (χ1v) is 9.17. The molecule has 0 spiro atoms. The molecular formula is C17H21N3O3S. The number of benzene rings is 1. The molecule has 1 unspecified atom stereocenters. The minimum atomic E-state index is -0.384. The summed E-state index contributed by atoms with van der Waals surface area (Å²) < 4.78 is 12.2. The SMILES string of the molecule is COc1cccc2sc(N3CCOC(C(=O)N4CCCC4)C3)nc12. The van der Waals surface area contributed by atoms with E-state index in [9.17, 15) is 4.79 Å². The minimum absolute atomic E-state index is 0.121. The van der Waals surface area contributed by atoms with E-state index in [2.05, 4.69) is 4.90 Å². The van der Waals surface area contributed by atoms with Crippen LogP contribution in [0, 0.1) is 0 Å². The third-order valence-corrected chi connectivity index (χ3v) is 5.70. The highest BCUT2D eigenvalue weighted by atomic mass is 32.1. The standard InChI is InChI=1S/C17H21N3O3S/c1-22-12-5-4-6-14-15(12)18-17(24-14)20-9-10-23-13(11-20)16(21)19-7-2-3-8-19/h4-6,13H,2-3,7-11H2,1H3. The van der Waals surface area contributed by atoms with E-state index < -0.39 is 0 Å². The number of aromatic nitrogens is 1. The van der Waals surface area contributed by atoms with Gasteiger partial charge in [0.15, 0.2) is 11.2 Å². The van der Waals surface area contributed by atoms with Crippen LogP contribution in [0.5, 0.6) is 5.75 Å². The Kier molecular flexibility index (Phi) is 4.28. The molecule has 3 heterocycles. The molecule has 1 amide bonds.